The van der Waals surface area contributed by atoms with Gasteiger partial charge >= 0.3 is 0 Å². The average Bonchev–Trinajstić information content (AvgIpc) is 3.47. The minimum atomic E-state index is -0.653. The van der Waals surface area contributed by atoms with E-state index < -0.39 is 6.04 Å². The number of benzene rings is 2. The first-order valence-corrected chi connectivity index (χ1v) is 10.7. The molecule has 1 heterocycles. The van der Waals surface area contributed by atoms with Gasteiger partial charge in [-0.1, -0.05) is 47.6 Å². The highest BCUT2D eigenvalue weighted by Crippen LogP contribution is 2.20. The fourth-order valence-electron chi connectivity index (χ4n) is 3.28. The molecule has 0 radical (unpaired) electrons. The van der Waals surface area contributed by atoms with Crippen LogP contribution in [0, 0.1) is 12.7 Å². The quantitative estimate of drug-likeness (QED) is 0.537. The van der Waals surface area contributed by atoms with E-state index in [-0.39, 0.29) is 48.2 Å². The lowest BCUT2D eigenvalue weighted by atomic mass is 10.0. The first-order valence-electron chi connectivity index (χ1n) is 10.7. The number of aromatic nitrogens is 2. The summed E-state index contributed by atoms with van der Waals surface area (Å²) in [6.07, 6.45) is 2.67. The average molecular weight is 436 g/mol. The van der Waals surface area contributed by atoms with Crippen molar-refractivity contribution in [2.75, 3.05) is 0 Å². The van der Waals surface area contributed by atoms with E-state index in [1.54, 1.807) is 19.1 Å². The van der Waals surface area contributed by atoms with Crippen molar-refractivity contribution < 1.29 is 18.5 Å². The van der Waals surface area contributed by atoms with Gasteiger partial charge < -0.3 is 15.2 Å². The van der Waals surface area contributed by atoms with Crippen molar-refractivity contribution in [3.05, 3.63) is 71.4 Å². The van der Waals surface area contributed by atoms with E-state index in [2.05, 4.69) is 20.8 Å². The van der Waals surface area contributed by atoms with Crippen molar-refractivity contribution in [1.29, 1.82) is 0 Å². The smallest absolute Gasteiger partial charge is 0.243 e. The Hall–Kier alpha value is -3.55. The van der Waals surface area contributed by atoms with Gasteiger partial charge in [0.2, 0.25) is 23.5 Å². The minimum absolute atomic E-state index is 0.0892. The second kappa shape index (κ2) is 9.72. The summed E-state index contributed by atoms with van der Waals surface area (Å²) >= 11 is 0. The van der Waals surface area contributed by atoms with Crippen LogP contribution in [0.5, 0.6) is 0 Å². The molecule has 0 saturated heterocycles. The summed E-state index contributed by atoms with van der Waals surface area (Å²) in [5.74, 6) is -0.255. The maximum absolute atomic E-state index is 13.8. The topological polar surface area (TPSA) is 97.1 Å². The van der Waals surface area contributed by atoms with Crippen LogP contribution < -0.4 is 10.6 Å². The lowest BCUT2D eigenvalue weighted by Crippen LogP contribution is -2.48. The van der Waals surface area contributed by atoms with Crippen LogP contribution in [0.2, 0.25) is 0 Å². The molecule has 32 heavy (non-hydrogen) atoms. The molecule has 1 aliphatic carbocycles. The van der Waals surface area contributed by atoms with Crippen molar-refractivity contribution in [3.8, 4) is 11.4 Å². The van der Waals surface area contributed by atoms with Crippen LogP contribution >= 0.6 is 0 Å². The molecule has 0 spiro atoms. The van der Waals surface area contributed by atoms with Gasteiger partial charge in [-0.2, -0.15) is 4.98 Å². The van der Waals surface area contributed by atoms with E-state index in [0.29, 0.717) is 17.5 Å². The molecule has 1 saturated carbocycles. The van der Waals surface area contributed by atoms with E-state index in [1.165, 1.54) is 6.07 Å². The molecule has 7 nitrogen and oxygen atoms in total. The predicted molar refractivity (Wildman–Crippen MR) is 116 cm³/mol. The Morgan fingerprint density at radius 2 is 1.97 bits per heavy atom. The molecule has 1 fully saturated rings. The Labute approximate surface area is 185 Å². The van der Waals surface area contributed by atoms with Crippen LogP contribution in [0.25, 0.3) is 11.4 Å². The van der Waals surface area contributed by atoms with E-state index >= 15 is 0 Å². The van der Waals surface area contributed by atoms with E-state index in [0.717, 1.165) is 18.4 Å². The molecule has 1 atom stereocenters. The predicted octanol–water partition coefficient (Wildman–Crippen LogP) is 3.12. The summed E-state index contributed by atoms with van der Waals surface area (Å²) in [6, 6.07) is 13.8. The van der Waals surface area contributed by atoms with Crippen LogP contribution in [-0.2, 0) is 22.4 Å². The van der Waals surface area contributed by atoms with Crippen LogP contribution in [0.15, 0.2) is 53.1 Å². The van der Waals surface area contributed by atoms with E-state index in [1.807, 2.05) is 30.3 Å². The van der Waals surface area contributed by atoms with Crippen molar-refractivity contribution >= 4 is 11.8 Å². The first kappa shape index (κ1) is 21.7. The molecule has 3 aromatic rings. The summed E-state index contributed by atoms with van der Waals surface area (Å²) in [5.41, 5.74) is 2.01. The molecular weight excluding hydrogens is 411 g/mol. The first-order chi connectivity index (χ1) is 15.5. The van der Waals surface area contributed by atoms with Crippen LogP contribution in [0.3, 0.4) is 0 Å². The van der Waals surface area contributed by atoms with Crippen molar-refractivity contribution in [3.63, 3.8) is 0 Å². The highest BCUT2D eigenvalue weighted by molar-refractivity contribution is 5.88. The second-order valence-corrected chi connectivity index (χ2v) is 8.07. The lowest BCUT2D eigenvalue weighted by Gasteiger charge is -2.18. The molecule has 0 aliphatic heterocycles. The Morgan fingerprint density at radius 3 is 2.69 bits per heavy atom. The molecule has 1 unspecified atom stereocenters. The molecule has 0 bridgehead atoms. The van der Waals surface area contributed by atoms with Crippen molar-refractivity contribution in [2.24, 2.45) is 0 Å². The maximum Gasteiger partial charge on any atom is 0.243 e. The third-order valence-corrected chi connectivity index (χ3v) is 5.32. The number of rotatable bonds is 9. The number of amides is 2. The monoisotopic (exact) mass is 436 g/mol. The molecule has 4 rings (SSSR count). The summed E-state index contributed by atoms with van der Waals surface area (Å²) in [7, 11) is 0. The molecule has 1 aliphatic rings. The maximum atomic E-state index is 13.8. The molecule has 2 amide bonds. The Bertz CT molecular complexity index is 1100. The third-order valence-electron chi connectivity index (χ3n) is 5.32. The van der Waals surface area contributed by atoms with Crippen LogP contribution in [0.1, 0.15) is 36.3 Å². The molecule has 2 N–H and O–H groups in total. The zero-order valence-corrected chi connectivity index (χ0v) is 17.8. The van der Waals surface area contributed by atoms with E-state index in [4.69, 9.17) is 4.52 Å². The number of hydrogen-bond donors (Lipinski definition) is 2. The molecule has 1 aromatic heterocycles. The molecular formula is C24H25FN4O3. The summed E-state index contributed by atoms with van der Waals surface area (Å²) in [5, 5.41) is 9.66. The highest BCUT2D eigenvalue weighted by Gasteiger charge is 2.28. The fourth-order valence-corrected chi connectivity index (χ4v) is 3.28. The zero-order valence-electron chi connectivity index (χ0n) is 17.8. The Morgan fingerprint density at radius 1 is 1.19 bits per heavy atom. The lowest BCUT2D eigenvalue weighted by molar-refractivity contribution is -0.129. The van der Waals surface area contributed by atoms with Gasteiger partial charge in [0.25, 0.3) is 0 Å². The van der Waals surface area contributed by atoms with Gasteiger partial charge in [0, 0.05) is 30.9 Å². The normalized spacial score (nSPS) is 14.1. The van der Waals surface area contributed by atoms with Gasteiger partial charge in [-0.15, -0.1) is 0 Å². The summed E-state index contributed by atoms with van der Waals surface area (Å²) < 4.78 is 19.0. The standard InChI is InChI=1S/C24H25FN4O3/c1-15-7-8-17(14-19(15)25)23-28-22(32-29-23)12-11-21(30)27-20(24(31)26-18-9-10-18)13-16-5-3-2-4-6-16/h2-8,14,18,20H,9-13H2,1H3,(H,26,31)(H,27,30). The van der Waals surface area contributed by atoms with Crippen molar-refractivity contribution in [1.82, 2.24) is 20.8 Å². The number of nitrogens with zero attached hydrogens (tertiary/aromatic N) is 2. The van der Waals surface area contributed by atoms with Gasteiger partial charge in [-0.05, 0) is 37.0 Å². The molecule has 2 aromatic carbocycles. The highest BCUT2D eigenvalue weighted by atomic mass is 19.1. The largest absolute Gasteiger partial charge is 0.352 e. The number of hydrogen-bond acceptors (Lipinski definition) is 5. The van der Waals surface area contributed by atoms with Gasteiger partial charge in [0.1, 0.15) is 11.9 Å². The van der Waals surface area contributed by atoms with Gasteiger partial charge in [0.05, 0.1) is 0 Å². The van der Waals surface area contributed by atoms with Crippen LogP contribution in [0.4, 0.5) is 4.39 Å². The second-order valence-electron chi connectivity index (χ2n) is 8.07. The number of aryl methyl sites for hydroxylation is 2. The third kappa shape index (κ3) is 5.78. The van der Waals surface area contributed by atoms with Crippen molar-refractivity contribution in [2.45, 2.75) is 51.1 Å². The molecule has 166 valence electrons. The Kier molecular flexibility index (Phi) is 6.58. The number of carbonyl (C=O) groups is 2. The number of nitrogens with one attached hydrogen (secondary N) is 2. The zero-order chi connectivity index (χ0) is 22.5. The number of carbonyl (C=O) groups excluding carboxylic acids is 2. The van der Waals surface area contributed by atoms with Gasteiger partial charge in [-0.3, -0.25) is 9.59 Å². The summed E-state index contributed by atoms with van der Waals surface area (Å²) in [6.45, 7) is 1.68. The van der Waals surface area contributed by atoms with Crippen LogP contribution in [-0.4, -0.2) is 34.0 Å². The summed E-state index contributed by atoms with van der Waals surface area (Å²) in [4.78, 5) is 29.4. The SMILES string of the molecule is Cc1ccc(-c2noc(CCC(=O)NC(Cc3ccccc3)C(=O)NC3CC3)n2)cc1F. The Balaban J connectivity index is 1.35. The van der Waals surface area contributed by atoms with Gasteiger partial charge in [-0.25, -0.2) is 4.39 Å². The fraction of sp³-hybridized carbons (Fsp3) is 0.333. The van der Waals surface area contributed by atoms with Gasteiger partial charge in [0.15, 0.2) is 0 Å². The molecule has 8 heteroatoms. The minimum Gasteiger partial charge on any atom is -0.352 e. The number of halogens is 1. The van der Waals surface area contributed by atoms with E-state index in [9.17, 15) is 14.0 Å².